The van der Waals surface area contributed by atoms with Gasteiger partial charge >= 0.3 is 5.97 Å². The van der Waals surface area contributed by atoms with Crippen molar-refractivity contribution in [2.45, 2.75) is 26.2 Å². The highest BCUT2D eigenvalue weighted by atomic mass is 16.5. The van der Waals surface area contributed by atoms with Gasteiger partial charge in [0.2, 0.25) is 5.91 Å². The van der Waals surface area contributed by atoms with Crippen molar-refractivity contribution in [3.63, 3.8) is 0 Å². The van der Waals surface area contributed by atoms with Gasteiger partial charge in [-0.3, -0.25) is 9.59 Å². The monoisotopic (exact) mass is 265 g/mol. The Kier molecular flexibility index (Phi) is 6.43. The van der Waals surface area contributed by atoms with Gasteiger partial charge in [0.1, 0.15) is 5.75 Å². The van der Waals surface area contributed by atoms with Crippen LogP contribution in [0.4, 0.5) is 0 Å². The Morgan fingerprint density at radius 3 is 2.68 bits per heavy atom. The summed E-state index contributed by atoms with van der Waals surface area (Å²) >= 11 is 0. The van der Waals surface area contributed by atoms with Crippen molar-refractivity contribution in [1.29, 1.82) is 0 Å². The number of hydrogen-bond acceptors (Lipinski definition) is 4. The number of phenols is 1. The zero-order chi connectivity index (χ0) is 14.1. The SMILES string of the molecule is CCOC(=O)CCNC(=O)CCc1ccccc1O. The van der Waals surface area contributed by atoms with E-state index >= 15 is 0 Å². The molecule has 0 heterocycles. The molecule has 1 amide bonds. The highest BCUT2D eigenvalue weighted by Crippen LogP contribution is 2.16. The number of benzene rings is 1. The van der Waals surface area contributed by atoms with Gasteiger partial charge in [-0.25, -0.2) is 0 Å². The fourth-order valence-corrected chi connectivity index (χ4v) is 1.60. The Labute approximate surface area is 112 Å². The summed E-state index contributed by atoms with van der Waals surface area (Å²) in [5.41, 5.74) is 0.739. The number of para-hydroxylation sites is 1. The summed E-state index contributed by atoms with van der Waals surface area (Å²) in [5.74, 6) is -0.266. The first-order valence-electron chi connectivity index (χ1n) is 6.32. The van der Waals surface area contributed by atoms with Crippen LogP contribution in [0.25, 0.3) is 0 Å². The standard InChI is InChI=1S/C14H19NO4/c1-2-19-14(18)9-10-15-13(17)8-7-11-5-3-4-6-12(11)16/h3-6,16H,2,7-10H2,1H3,(H,15,17). The molecule has 0 unspecified atom stereocenters. The molecule has 19 heavy (non-hydrogen) atoms. The van der Waals surface area contributed by atoms with Crippen LogP contribution in [0.2, 0.25) is 0 Å². The van der Waals surface area contributed by atoms with E-state index in [0.29, 0.717) is 13.0 Å². The third kappa shape index (κ3) is 5.90. The van der Waals surface area contributed by atoms with Crippen LogP contribution in [0, 0.1) is 0 Å². The third-order valence-corrected chi connectivity index (χ3v) is 2.57. The Balaban J connectivity index is 2.22. The highest BCUT2D eigenvalue weighted by Gasteiger charge is 2.06. The quantitative estimate of drug-likeness (QED) is 0.731. The van der Waals surface area contributed by atoms with Crippen LogP contribution >= 0.6 is 0 Å². The molecule has 0 atom stereocenters. The van der Waals surface area contributed by atoms with Crippen LogP contribution in [0.1, 0.15) is 25.3 Å². The lowest BCUT2D eigenvalue weighted by Crippen LogP contribution is -2.26. The Hall–Kier alpha value is -2.04. The number of aromatic hydroxyl groups is 1. The second kappa shape index (κ2) is 8.13. The summed E-state index contributed by atoms with van der Waals surface area (Å²) in [6.45, 7) is 2.36. The van der Waals surface area contributed by atoms with Crippen molar-refractivity contribution < 1.29 is 19.4 Å². The normalized spacial score (nSPS) is 9.95. The number of hydrogen-bond donors (Lipinski definition) is 2. The maximum atomic E-state index is 11.5. The number of rotatable bonds is 7. The maximum Gasteiger partial charge on any atom is 0.307 e. The van der Waals surface area contributed by atoms with Gasteiger partial charge in [0.15, 0.2) is 0 Å². The van der Waals surface area contributed by atoms with E-state index in [1.807, 2.05) is 6.07 Å². The molecule has 1 aromatic carbocycles. The van der Waals surface area contributed by atoms with Crippen molar-refractivity contribution >= 4 is 11.9 Å². The minimum absolute atomic E-state index is 0.146. The minimum Gasteiger partial charge on any atom is -0.508 e. The molecule has 0 aliphatic rings. The topological polar surface area (TPSA) is 75.6 Å². The summed E-state index contributed by atoms with van der Waals surface area (Å²) < 4.78 is 4.75. The van der Waals surface area contributed by atoms with Crippen molar-refractivity contribution in [3.05, 3.63) is 29.8 Å². The lowest BCUT2D eigenvalue weighted by atomic mass is 10.1. The fraction of sp³-hybridized carbons (Fsp3) is 0.429. The van der Waals surface area contributed by atoms with Crippen LogP contribution in [0.3, 0.4) is 0 Å². The van der Waals surface area contributed by atoms with Crippen molar-refractivity contribution in [2.24, 2.45) is 0 Å². The summed E-state index contributed by atoms with van der Waals surface area (Å²) in [7, 11) is 0. The van der Waals surface area contributed by atoms with Crippen molar-refractivity contribution in [3.8, 4) is 5.75 Å². The van der Waals surface area contributed by atoms with Crippen molar-refractivity contribution in [2.75, 3.05) is 13.2 Å². The molecular formula is C14H19NO4. The van der Waals surface area contributed by atoms with Gasteiger partial charge < -0.3 is 15.2 Å². The molecule has 0 saturated carbocycles. The first-order chi connectivity index (χ1) is 9.13. The second-order valence-electron chi connectivity index (χ2n) is 4.03. The smallest absolute Gasteiger partial charge is 0.307 e. The number of amides is 1. The summed E-state index contributed by atoms with van der Waals surface area (Å²) in [6.07, 6.45) is 0.925. The summed E-state index contributed by atoms with van der Waals surface area (Å²) in [4.78, 5) is 22.6. The molecule has 0 fully saturated rings. The summed E-state index contributed by atoms with van der Waals surface area (Å²) in [6, 6.07) is 6.92. The largest absolute Gasteiger partial charge is 0.508 e. The summed E-state index contributed by atoms with van der Waals surface area (Å²) in [5, 5.41) is 12.2. The molecule has 0 radical (unpaired) electrons. The molecule has 0 aliphatic heterocycles. The minimum atomic E-state index is -0.316. The first kappa shape index (κ1) is 15.0. The Morgan fingerprint density at radius 1 is 1.26 bits per heavy atom. The van der Waals surface area contributed by atoms with Gasteiger partial charge in [-0.1, -0.05) is 18.2 Å². The molecule has 5 nitrogen and oxygen atoms in total. The third-order valence-electron chi connectivity index (χ3n) is 2.57. The molecular weight excluding hydrogens is 246 g/mol. The molecule has 1 aromatic rings. The fourth-order valence-electron chi connectivity index (χ4n) is 1.60. The average Bonchev–Trinajstić information content (AvgIpc) is 2.38. The van der Waals surface area contributed by atoms with Crippen LogP contribution in [-0.4, -0.2) is 30.1 Å². The lowest BCUT2D eigenvalue weighted by Gasteiger charge is -2.06. The molecule has 2 N–H and O–H groups in total. The number of esters is 1. The Bertz CT molecular complexity index is 431. The molecule has 0 aliphatic carbocycles. The predicted molar refractivity (Wildman–Crippen MR) is 70.7 cm³/mol. The van der Waals surface area contributed by atoms with Gasteiger partial charge in [0.05, 0.1) is 13.0 Å². The van der Waals surface area contributed by atoms with Crippen LogP contribution in [0.5, 0.6) is 5.75 Å². The average molecular weight is 265 g/mol. The molecule has 104 valence electrons. The van der Waals surface area contributed by atoms with Crippen molar-refractivity contribution in [1.82, 2.24) is 5.32 Å². The number of aryl methyl sites for hydroxylation is 1. The van der Waals surface area contributed by atoms with E-state index in [1.54, 1.807) is 25.1 Å². The van der Waals surface area contributed by atoms with E-state index in [0.717, 1.165) is 5.56 Å². The van der Waals surface area contributed by atoms with E-state index < -0.39 is 0 Å². The van der Waals surface area contributed by atoms with E-state index in [9.17, 15) is 14.7 Å². The zero-order valence-corrected chi connectivity index (χ0v) is 11.0. The van der Waals surface area contributed by atoms with Gasteiger partial charge in [0, 0.05) is 13.0 Å². The molecule has 0 spiro atoms. The van der Waals surface area contributed by atoms with Gasteiger partial charge in [-0.05, 0) is 25.0 Å². The number of nitrogens with one attached hydrogen (secondary N) is 1. The lowest BCUT2D eigenvalue weighted by molar-refractivity contribution is -0.143. The maximum absolute atomic E-state index is 11.5. The van der Waals surface area contributed by atoms with Gasteiger partial charge in [-0.2, -0.15) is 0 Å². The Morgan fingerprint density at radius 2 is 2.00 bits per heavy atom. The van der Waals surface area contributed by atoms with Crippen LogP contribution < -0.4 is 5.32 Å². The highest BCUT2D eigenvalue weighted by molar-refractivity contribution is 5.77. The first-order valence-corrected chi connectivity index (χ1v) is 6.32. The molecule has 0 saturated heterocycles. The van der Waals surface area contributed by atoms with Crippen LogP contribution in [-0.2, 0) is 20.7 Å². The van der Waals surface area contributed by atoms with Gasteiger partial charge in [0.25, 0.3) is 0 Å². The molecule has 0 bridgehead atoms. The van der Waals surface area contributed by atoms with E-state index in [2.05, 4.69) is 5.32 Å². The molecule has 5 heteroatoms. The van der Waals surface area contributed by atoms with Gasteiger partial charge in [-0.15, -0.1) is 0 Å². The van der Waals surface area contributed by atoms with E-state index in [-0.39, 0.29) is 37.0 Å². The van der Waals surface area contributed by atoms with Crippen LogP contribution in [0.15, 0.2) is 24.3 Å². The second-order valence-corrected chi connectivity index (χ2v) is 4.03. The predicted octanol–water partition coefficient (Wildman–Crippen LogP) is 1.39. The molecule has 0 aromatic heterocycles. The molecule has 1 rings (SSSR count). The van der Waals surface area contributed by atoms with E-state index in [4.69, 9.17) is 4.74 Å². The number of carbonyl (C=O) groups excluding carboxylic acids is 2. The number of carbonyl (C=O) groups is 2. The van der Waals surface area contributed by atoms with E-state index in [1.165, 1.54) is 0 Å². The number of phenolic OH excluding ortho intramolecular Hbond substituents is 1. The zero-order valence-electron chi connectivity index (χ0n) is 11.0. The number of ether oxygens (including phenoxy) is 1.